The van der Waals surface area contributed by atoms with Gasteiger partial charge in [-0.25, -0.2) is 0 Å². The smallest absolute Gasteiger partial charge is 0.293 e. The molecule has 1 aliphatic rings. The summed E-state index contributed by atoms with van der Waals surface area (Å²) >= 11 is 0.816. The maximum atomic E-state index is 12.8. The van der Waals surface area contributed by atoms with Gasteiger partial charge in [0.25, 0.3) is 16.8 Å². The van der Waals surface area contributed by atoms with Crippen LogP contribution in [0.2, 0.25) is 0 Å². The third-order valence-corrected chi connectivity index (χ3v) is 5.08. The van der Waals surface area contributed by atoms with Gasteiger partial charge in [0.05, 0.1) is 23.0 Å². The van der Waals surface area contributed by atoms with Crippen molar-refractivity contribution in [2.75, 3.05) is 6.61 Å². The number of amides is 2. The summed E-state index contributed by atoms with van der Waals surface area (Å²) in [5.41, 5.74) is 0.883. The molecule has 1 fully saturated rings. The zero-order valence-corrected chi connectivity index (χ0v) is 16.8. The number of hydrogen-bond acceptors (Lipinski definition) is 6. The van der Waals surface area contributed by atoms with Gasteiger partial charge in [0, 0.05) is 17.2 Å². The molecule has 1 aliphatic heterocycles. The van der Waals surface area contributed by atoms with E-state index < -0.39 is 16.1 Å². The van der Waals surface area contributed by atoms with Crippen LogP contribution in [0.15, 0.2) is 53.4 Å². The highest BCUT2D eigenvalue weighted by Crippen LogP contribution is 2.35. The van der Waals surface area contributed by atoms with E-state index in [9.17, 15) is 19.7 Å². The Morgan fingerprint density at radius 2 is 1.83 bits per heavy atom. The number of rotatable bonds is 7. The van der Waals surface area contributed by atoms with Crippen molar-refractivity contribution in [2.24, 2.45) is 5.92 Å². The second-order valence-electron chi connectivity index (χ2n) is 6.90. The van der Waals surface area contributed by atoms with E-state index in [2.05, 4.69) is 0 Å². The third-order valence-electron chi connectivity index (χ3n) is 4.17. The van der Waals surface area contributed by atoms with Crippen molar-refractivity contribution in [1.29, 1.82) is 0 Å². The highest BCUT2D eigenvalue weighted by Gasteiger charge is 2.36. The molecule has 0 spiro atoms. The molecule has 7 nitrogen and oxygen atoms in total. The molecule has 2 amide bonds. The molecule has 3 rings (SSSR count). The summed E-state index contributed by atoms with van der Waals surface area (Å²) in [7, 11) is 0. The molecule has 0 bridgehead atoms. The molecule has 29 heavy (non-hydrogen) atoms. The number of nitrogens with zero attached hydrogens (tertiary/aromatic N) is 2. The average Bonchev–Trinajstić information content (AvgIpc) is 2.95. The quantitative estimate of drug-likeness (QED) is 0.366. The minimum absolute atomic E-state index is 0.122. The fourth-order valence-corrected chi connectivity index (χ4v) is 3.59. The van der Waals surface area contributed by atoms with Gasteiger partial charge in [-0.2, -0.15) is 0 Å². The molecule has 0 atom stereocenters. The van der Waals surface area contributed by atoms with Crippen molar-refractivity contribution in [1.82, 2.24) is 4.90 Å². The van der Waals surface area contributed by atoms with Gasteiger partial charge in [-0.3, -0.25) is 24.6 Å². The van der Waals surface area contributed by atoms with Crippen LogP contribution in [0.5, 0.6) is 5.75 Å². The first-order chi connectivity index (χ1) is 13.9. The van der Waals surface area contributed by atoms with Crippen molar-refractivity contribution in [3.8, 4) is 5.75 Å². The van der Waals surface area contributed by atoms with Crippen molar-refractivity contribution in [3.63, 3.8) is 0 Å². The van der Waals surface area contributed by atoms with Crippen molar-refractivity contribution in [3.05, 3.63) is 74.7 Å². The molecule has 1 saturated heterocycles. The van der Waals surface area contributed by atoms with Crippen LogP contribution >= 0.6 is 11.8 Å². The second kappa shape index (κ2) is 8.91. The van der Waals surface area contributed by atoms with E-state index in [-0.39, 0.29) is 17.1 Å². The van der Waals surface area contributed by atoms with E-state index in [1.165, 1.54) is 6.07 Å². The Hall–Kier alpha value is -3.13. The highest BCUT2D eigenvalue weighted by molar-refractivity contribution is 8.18. The number of benzene rings is 2. The van der Waals surface area contributed by atoms with Crippen molar-refractivity contribution >= 4 is 34.7 Å². The highest BCUT2D eigenvalue weighted by atomic mass is 32.2. The van der Waals surface area contributed by atoms with Gasteiger partial charge in [0.15, 0.2) is 0 Å². The summed E-state index contributed by atoms with van der Waals surface area (Å²) in [6, 6.07) is 13.4. The maximum absolute atomic E-state index is 12.8. The van der Waals surface area contributed by atoms with Crippen LogP contribution in [0.3, 0.4) is 0 Å². The Morgan fingerprint density at radius 3 is 2.55 bits per heavy atom. The zero-order chi connectivity index (χ0) is 21.0. The number of hydrogen-bond donors (Lipinski definition) is 0. The largest absolute Gasteiger partial charge is 0.493 e. The lowest BCUT2D eigenvalue weighted by atomic mass is 10.1. The number of carbonyl (C=O) groups excluding carboxylic acids is 2. The van der Waals surface area contributed by atoms with E-state index in [0.717, 1.165) is 16.7 Å². The first kappa shape index (κ1) is 20.6. The van der Waals surface area contributed by atoms with Crippen LogP contribution < -0.4 is 4.74 Å². The summed E-state index contributed by atoms with van der Waals surface area (Å²) < 4.78 is 5.80. The third kappa shape index (κ3) is 4.83. The number of nitro benzene ring substituents is 1. The van der Waals surface area contributed by atoms with Gasteiger partial charge in [0.2, 0.25) is 0 Å². The molecule has 8 heteroatoms. The lowest BCUT2D eigenvalue weighted by molar-refractivity contribution is -0.385. The van der Waals surface area contributed by atoms with E-state index in [4.69, 9.17) is 4.74 Å². The van der Waals surface area contributed by atoms with E-state index >= 15 is 0 Å². The molecule has 2 aromatic rings. The second-order valence-corrected chi connectivity index (χ2v) is 7.89. The SMILES string of the molecule is CC(C)COc1ccccc1/C=C1\SC(=O)N(Cc2ccccc2[N+](=O)[O-])C1=O. The monoisotopic (exact) mass is 412 g/mol. The average molecular weight is 412 g/mol. The predicted octanol–water partition coefficient (Wildman–Crippen LogP) is 4.87. The first-order valence-corrected chi connectivity index (χ1v) is 9.88. The minimum Gasteiger partial charge on any atom is -0.493 e. The summed E-state index contributed by atoms with van der Waals surface area (Å²) in [6.45, 7) is 4.46. The van der Waals surface area contributed by atoms with Gasteiger partial charge >= 0.3 is 0 Å². The van der Waals surface area contributed by atoms with Crippen molar-refractivity contribution < 1.29 is 19.2 Å². The van der Waals surface area contributed by atoms with Crippen LogP contribution in [-0.2, 0) is 11.3 Å². The first-order valence-electron chi connectivity index (χ1n) is 9.06. The number of imide groups is 1. The van der Waals surface area contributed by atoms with E-state index in [1.54, 1.807) is 24.3 Å². The molecule has 0 aromatic heterocycles. The lowest BCUT2D eigenvalue weighted by Gasteiger charge is -2.13. The summed E-state index contributed by atoms with van der Waals surface area (Å²) in [4.78, 5) is 37.1. The van der Waals surface area contributed by atoms with Crippen molar-refractivity contribution in [2.45, 2.75) is 20.4 Å². The Morgan fingerprint density at radius 1 is 1.14 bits per heavy atom. The van der Waals surface area contributed by atoms with Gasteiger partial charge in [0.1, 0.15) is 5.75 Å². The number of nitro groups is 1. The van der Waals surface area contributed by atoms with Gasteiger partial charge in [-0.1, -0.05) is 50.2 Å². The molecule has 0 aliphatic carbocycles. The fraction of sp³-hybridized carbons (Fsp3) is 0.238. The summed E-state index contributed by atoms with van der Waals surface area (Å²) in [5, 5.41) is 10.7. The number of para-hydroxylation sites is 2. The zero-order valence-electron chi connectivity index (χ0n) is 16.0. The Labute approximate surface area is 172 Å². The molecule has 0 unspecified atom stereocenters. The minimum atomic E-state index is -0.521. The molecule has 1 heterocycles. The fourth-order valence-electron chi connectivity index (χ4n) is 2.76. The molecule has 2 aromatic carbocycles. The maximum Gasteiger partial charge on any atom is 0.293 e. The van der Waals surface area contributed by atoms with Gasteiger partial charge in [-0.05, 0) is 29.8 Å². The number of carbonyl (C=O) groups is 2. The van der Waals surface area contributed by atoms with E-state index in [0.29, 0.717) is 29.4 Å². The number of thioether (sulfide) groups is 1. The summed E-state index contributed by atoms with van der Waals surface area (Å²) in [5.74, 6) is 0.500. The molecule has 0 N–H and O–H groups in total. The molecule has 0 radical (unpaired) electrons. The Kier molecular flexibility index (Phi) is 6.33. The van der Waals surface area contributed by atoms with Gasteiger partial charge < -0.3 is 4.74 Å². The van der Waals surface area contributed by atoms with Crippen LogP contribution in [0, 0.1) is 16.0 Å². The standard InChI is InChI=1S/C21H20N2O5S/c1-14(2)13-28-18-10-6-4-7-15(18)11-19-20(24)22(21(25)29-19)12-16-8-3-5-9-17(16)23(26)27/h3-11,14H,12-13H2,1-2H3/b19-11-. The Bertz CT molecular complexity index is 987. The van der Waals surface area contributed by atoms with Crippen LogP contribution in [0.4, 0.5) is 10.5 Å². The molecule has 150 valence electrons. The normalized spacial score (nSPS) is 15.4. The summed E-state index contributed by atoms with van der Waals surface area (Å²) in [6.07, 6.45) is 1.62. The molecular weight excluding hydrogens is 392 g/mol. The predicted molar refractivity (Wildman–Crippen MR) is 111 cm³/mol. The molecule has 0 saturated carbocycles. The van der Waals surface area contributed by atoms with Crippen LogP contribution in [0.25, 0.3) is 6.08 Å². The lowest BCUT2D eigenvalue weighted by Crippen LogP contribution is -2.27. The topological polar surface area (TPSA) is 89.8 Å². The van der Waals surface area contributed by atoms with Crippen LogP contribution in [0.1, 0.15) is 25.0 Å². The number of ether oxygens (including phenoxy) is 1. The van der Waals surface area contributed by atoms with Crippen LogP contribution in [-0.4, -0.2) is 27.6 Å². The van der Waals surface area contributed by atoms with E-state index in [1.807, 2.05) is 38.1 Å². The Balaban J connectivity index is 1.84. The molecular formula is C21H20N2O5S. The van der Waals surface area contributed by atoms with Gasteiger partial charge in [-0.15, -0.1) is 0 Å².